The number of carboxylic acids is 1. The van der Waals surface area contributed by atoms with Gasteiger partial charge in [0.1, 0.15) is 17.4 Å². The molecule has 1 fully saturated rings. The standard InChI is InChI=1S/C25H25FN4O4/c26-16-5-6-17-19(15-28-20(17)13-16)24(25(32)33)30-11-9-29(10-12-30)8-7-27-21-14-23(31)34-22-4-2-1-3-18(21)22/h1-6,13-15,24,27-28H,7-12H2,(H,32,33). The zero-order valence-electron chi connectivity index (χ0n) is 18.5. The average molecular weight is 464 g/mol. The number of H-pyrrole nitrogens is 1. The van der Waals surface area contributed by atoms with Gasteiger partial charge in [0.25, 0.3) is 0 Å². The van der Waals surface area contributed by atoms with Gasteiger partial charge in [-0.15, -0.1) is 0 Å². The maximum Gasteiger partial charge on any atom is 0.338 e. The van der Waals surface area contributed by atoms with Crippen LogP contribution in [0.4, 0.5) is 10.1 Å². The minimum absolute atomic E-state index is 0.362. The fourth-order valence-corrected chi connectivity index (χ4v) is 4.68. The fourth-order valence-electron chi connectivity index (χ4n) is 4.68. The molecule has 1 aliphatic heterocycles. The third kappa shape index (κ3) is 4.40. The average Bonchev–Trinajstić information content (AvgIpc) is 3.22. The summed E-state index contributed by atoms with van der Waals surface area (Å²) in [5.41, 5.74) is 2.13. The lowest BCUT2D eigenvalue weighted by molar-refractivity contribution is -0.144. The van der Waals surface area contributed by atoms with Gasteiger partial charge in [-0.05, 0) is 30.3 Å². The summed E-state index contributed by atoms with van der Waals surface area (Å²) in [6.45, 7) is 4.04. The highest BCUT2D eigenvalue weighted by Crippen LogP contribution is 2.30. The number of piperazine rings is 1. The molecule has 0 bridgehead atoms. The van der Waals surface area contributed by atoms with Gasteiger partial charge in [0, 0.05) is 73.4 Å². The summed E-state index contributed by atoms with van der Waals surface area (Å²) in [5.74, 6) is -1.28. The fraction of sp³-hybridized carbons (Fsp3) is 0.280. The van der Waals surface area contributed by atoms with E-state index in [-0.39, 0.29) is 5.82 Å². The summed E-state index contributed by atoms with van der Waals surface area (Å²) in [6, 6.07) is 12.4. The van der Waals surface area contributed by atoms with Crippen LogP contribution in [0.2, 0.25) is 0 Å². The second kappa shape index (κ2) is 9.28. The van der Waals surface area contributed by atoms with Crippen LogP contribution in [0.1, 0.15) is 11.6 Å². The highest BCUT2D eigenvalue weighted by molar-refractivity contribution is 5.90. The van der Waals surface area contributed by atoms with E-state index in [4.69, 9.17) is 4.42 Å². The van der Waals surface area contributed by atoms with E-state index < -0.39 is 17.6 Å². The highest BCUT2D eigenvalue weighted by atomic mass is 19.1. The number of nitrogens with one attached hydrogen (secondary N) is 2. The Morgan fingerprint density at radius 1 is 1.12 bits per heavy atom. The van der Waals surface area contributed by atoms with Crippen molar-refractivity contribution < 1.29 is 18.7 Å². The number of carboxylic acid groups (broad SMARTS) is 1. The molecule has 0 radical (unpaired) electrons. The van der Waals surface area contributed by atoms with Gasteiger partial charge in [0.2, 0.25) is 0 Å². The van der Waals surface area contributed by atoms with Crippen molar-refractivity contribution in [3.05, 3.63) is 76.5 Å². The van der Waals surface area contributed by atoms with Crippen LogP contribution in [0.25, 0.3) is 21.9 Å². The van der Waals surface area contributed by atoms with Crippen molar-refractivity contribution in [1.82, 2.24) is 14.8 Å². The van der Waals surface area contributed by atoms with E-state index in [1.165, 1.54) is 18.2 Å². The molecule has 1 saturated heterocycles. The van der Waals surface area contributed by atoms with Crippen LogP contribution in [-0.4, -0.2) is 65.1 Å². The molecule has 1 atom stereocenters. The maximum absolute atomic E-state index is 13.5. The second-order valence-electron chi connectivity index (χ2n) is 8.45. The van der Waals surface area contributed by atoms with Gasteiger partial charge in [0.05, 0.1) is 5.69 Å². The summed E-state index contributed by atoms with van der Waals surface area (Å²) in [6.07, 6.45) is 1.67. The van der Waals surface area contributed by atoms with Gasteiger partial charge in [-0.1, -0.05) is 12.1 Å². The number of carbonyl (C=O) groups is 1. The molecule has 3 N–H and O–H groups in total. The quantitative estimate of drug-likeness (QED) is 0.361. The molecular weight excluding hydrogens is 439 g/mol. The largest absolute Gasteiger partial charge is 0.480 e. The topological polar surface area (TPSA) is 102 Å². The van der Waals surface area contributed by atoms with E-state index >= 15 is 0 Å². The first-order chi connectivity index (χ1) is 16.5. The summed E-state index contributed by atoms with van der Waals surface area (Å²) in [4.78, 5) is 31.2. The molecule has 1 aliphatic rings. The number of hydrogen-bond donors (Lipinski definition) is 3. The molecule has 8 nitrogen and oxygen atoms in total. The van der Waals surface area contributed by atoms with E-state index in [2.05, 4.69) is 15.2 Å². The van der Waals surface area contributed by atoms with Crippen molar-refractivity contribution in [2.75, 3.05) is 44.6 Å². The number of nitrogens with zero attached hydrogens (tertiary/aromatic N) is 2. The van der Waals surface area contributed by atoms with Crippen molar-refractivity contribution in [3.8, 4) is 0 Å². The number of anilines is 1. The molecule has 4 aromatic rings. The molecule has 2 aromatic carbocycles. The molecule has 1 unspecified atom stereocenters. The number of aromatic nitrogens is 1. The van der Waals surface area contributed by atoms with E-state index in [0.717, 1.165) is 36.1 Å². The molecule has 34 heavy (non-hydrogen) atoms. The zero-order valence-corrected chi connectivity index (χ0v) is 18.5. The Hall–Kier alpha value is -3.69. The number of para-hydroxylation sites is 1. The van der Waals surface area contributed by atoms with Gasteiger partial charge in [0.15, 0.2) is 0 Å². The third-order valence-electron chi connectivity index (χ3n) is 6.37. The predicted molar refractivity (Wildman–Crippen MR) is 128 cm³/mol. The van der Waals surface area contributed by atoms with Crippen LogP contribution in [0.5, 0.6) is 0 Å². The molecule has 0 aliphatic carbocycles. The molecule has 0 spiro atoms. The van der Waals surface area contributed by atoms with Crippen LogP contribution in [0.15, 0.2) is 63.9 Å². The Labute approximate surface area is 194 Å². The second-order valence-corrected chi connectivity index (χ2v) is 8.45. The minimum Gasteiger partial charge on any atom is -0.480 e. The molecule has 3 heterocycles. The minimum atomic E-state index is -0.921. The first-order valence-electron chi connectivity index (χ1n) is 11.2. The third-order valence-corrected chi connectivity index (χ3v) is 6.37. The Balaban J connectivity index is 1.21. The summed E-state index contributed by atoms with van der Waals surface area (Å²) < 4.78 is 18.8. The van der Waals surface area contributed by atoms with E-state index in [0.29, 0.717) is 36.3 Å². The number of halogens is 1. The normalized spacial score (nSPS) is 16.1. The molecule has 2 aromatic heterocycles. The van der Waals surface area contributed by atoms with Crippen LogP contribution in [0, 0.1) is 5.82 Å². The van der Waals surface area contributed by atoms with Crippen LogP contribution >= 0.6 is 0 Å². The number of aliphatic carboxylic acids is 1. The van der Waals surface area contributed by atoms with Crippen molar-refractivity contribution in [3.63, 3.8) is 0 Å². The van der Waals surface area contributed by atoms with Crippen molar-refractivity contribution in [2.45, 2.75) is 6.04 Å². The molecule has 0 saturated carbocycles. The van der Waals surface area contributed by atoms with Crippen LogP contribution in [0.3, 0.4) is 0 Å². The summed E-state index contributed by atoms with van der Waals surface area (Å²) >= 11 is 0. The van der Waals surface area contributed by atoms with Gasteiger partial charge < -0.3 is 19.8 Å². The number of aromatic amines is 1. The van der Waals surface area contributed by atoms with Crippen molar-refractivity contribution >= 4 is 33.5 Å². The van der Waals surface area contributed by atoms with Crippen LogP contribution in [-0.2, 0) is 4.79 Å². The summed E-state index contributed by atoms with van der Waals surface area (Å²) in [5, 5.41) is 14.9. The molecule has 9 heteroatoms. The van der Waals surface area contributed by atoms with Crippen molar-refractivity contribution in [1.29, 1.82) is 0 Å². The van der Waals surface area contributed by atoms with Gasteiger partial charge in [-0.3, -0.25) is 14.6 Å². The van der Waals surface area contributed by atoms with Gasteiger partial charge in [-0.2, -0.15) is 0 Å². The van der Waals surface area contributed by atoms with Crippen LogP contribution < -0.4 is 10.9 Å². The smallest absolute Gasteiger partial charge is 0.338 e. The lowest BCUT2D eigenvalue weighted by Gasteiger charge is -2.37. The lowest BCUT2D eigenvalue weighted by Crippen LogP contribution is -2.50. The van der Waals surface area contributed by atoms with Gasteiger partial charge in [-0.25, -0.2) is 9.18 Å². The number of rotatable bonds is 7. The van der Waals surface area contributed by atoms with E-state index in [1.54, 1.807) is 18.3 Å². The highest BCUT2D eigenvalue weighted by Gasteiger charge is 2.32. The lowest BCUT2D eigenvalue weighted by atomic mass is 10.0. The molecule has 176 valence electrons. The Morgan fingerprint density at radius 3 is 2.71 bits per heavy atom. The summed E-state index contributed by atoms with van der Waals surface area (Å²) in [7, 11) is 0. The van der Waals surface area contributed by atoms with Gasteiger partial charge >= 0.3 is 11.6 Å². The monoisotopic (exact) mass is 464 g/mol. The number of fused-ring (bicyclic) bond motifs is 2. The Kier molecular flexibility index (Phi) is 6.04. The molecule has 5 rings (SSSR count). The SMILES string of the molecule is O=C(O)C(c1c[nH]c2cc(F)ccc12)N1CCN(CCNc2cc(=O)oc3ccccc23)CC1. The first-order valence-corrected chi connectivity index (χ1v) is 11.2. The molecule has 0 amide bonds. The number of hydrogen-bond acceptors (Lipinski definition) is 6. The maximum atomic E-state index is 13.5. The van der Waals surface area contributed by atoms with E-state index in [1.807, 2.05) is 23.1 Å². The molecular formula is C25H25FN4O4. The van der Waals surface area contributed by atoms with Crippen molar-refractivity contribution in [2.24, 2.45) is 0 Å². The Morgan fingerprint density at radius 2 is 1.91 bits per heavy atom. The predicted octanol–water partition coefficient (Wildman–Crippen LogP) is 3.27. The first kappa shape index (κ1) is 22.1. The zero-order chi connectivity index (χ0) is 23.7. The number of benzene rings is 2. The Bertz CT molecular complexity index is 1390. The van der Waals surface area contributed by atoms with E-state index in [9.17, 15) is 19.1 Å².